The lowest BCUT2D eigenvalue weighted by atomic mass is 10.1. The first-order valence-corrected chi connectivity index (χ1v) is 6.00. The molecule has 88 valence electrons. The largest absolute Gasteiger partial charge is 0.269 e. The summed E-state index contributed by atoms with van der Waals surface area (Å²) in [5.41, 5.74) is 2.22. The molecule has 0 fully saturated rings. The molecule has 17 heavy (non-hydrogen) atoms. The third-order valence-electron chi connectivity index (χ3n) is 3.01. The van der Waals surface area contributed by atoms with Gasteiger partial charge in [-0.15, -0.1) is 0 Å². The van der Waals surface area contributed by atoms with E-state index < -0.39 is 0 Å². The molecule has 2 aromatic rings. The van der Waals surface area contributed by atoms with E-state index >= 15 is 0 Å². The molecule has 0 unspecified atom stereocenters. The molecule has 5 heteroatoms. The van der Waals surface area contributed by atoms with Crippen LogP contribution in [0.15, 0.2) is 18.3 Å². The second-order valence-corrected chi connectivity index (χ2v) is 4.58. The smallest absolute Gasteiger partial charge is 0.137 e. The van der Waals surface area contributed by atoms with Gasteiger partial charge in [0.1, 0.15) is 11.0 Å². The molecule has 3 heterocycles. The summed E-state index contributed by atoms with van der Waals surface area (Å²) < 4.78 is 15.7. The number of rotatable bonds is 1. The zero-order valence-corrected chi connectivity index (χ0v) is 9.91. The van der Waals surface area contributed by atoms with Gasteiger partial charge in [0, 0.05) is 24.5 Å². The van der Waals surface area contributed by atoms with Gasteiger partial charge in [-0.2, -0.15) is 5.10 Å². The molecule has 1 aliphatic heterocycles. The second kappa shape index (κ2) is 4.11. The number of fused-ring (bicyclic) bond motifs is 1. The number of hydrogen-bond acceptors (Lipinski definition) is 2. The Kier molecular flexibility index (Phi) is 2.59. The minimum absolute atomic E-state index is 0.162. The highest BCUT2D eigenvalue weighted by Crippen LogP contribution is 2.25. The topological polar surface area (TPSA) is 30.7 Å². The lowest BCUT2D eigenvalue weighted by Crippen LogP contribution is -2.10. The highest BCUT2D eigenvalue weighted by molar-refractivity contribution is 6.29. The Labute approximate surface area is 103 Å². The van der Waals surface area contributed by atoms with E-state index in [2.05, 4.69) is 10.1 Å². The Balaban J connectivity index is 2.06. The third kappa shape index (κ3) is 1.93. The molecule has 3 rings (SSSR count). The van der Waals surface area contributed by atoms with E-state index in [9.17, 15) is 4.39 Å². The van der Waals surface area contributed by atoms with Crippen molar-refractivity contribution in [1.82, 2.24) is 14.8 Å². The van der Waals surface area contributed by atoms with Crippen LogP contribution in [0.2, 0.25) is 5.15 Å². The number of halogens is 2. The lowest BCUT2D eigenvalue weighted by molar-refractivity contribution is 0.487. The van der Waals surface area contributed by atoms with Gasteiger partial charge in [-0.1, -0.05) is 11.6 Å². The van der Waals surface area contributed by atoms with E-state index in [0.29, 0.717) is 11.3 Å². The number of hydrogen-bond donors (Lipinski definition) is 0. The molecule has 0 saturated heterocycles. The van der Waals surface area contributed by atoms with Crippen LogP contribution in [0.3, 0.4) is 0 Å². The molecule has 3 nitrogen and oxygen atoms in total. The van der Waals surface area contributed by atoms with Gasteiger partial charge >= 0.3 is 0 Å². The first kappa shape index (κ1) is 10.7. The highest BCUT2D eigenvalue weighted by atomic mass is 35.5. The Bertz CT molecular complexity index is 541. The van der Waals surface area contributed by atoms with Gasteiger partial charge < -0.3 is 0 Å². The minimum atomic E-state index is -0.375. The maximum Gasteiger partial charge on any atom is 0.137 e. The maximum atomic E-state index is 13.7. The number of nitrogens with zero attached hydrogens (tertiary/aromatic N) is 3. The van der Waals surface area contributed by atoms with Gasteiger partial charge in [-0.05, 0) is 25.3 Å². The van der Waals surface area contributed by atoms with E-state index in [4.69, 9.17) is 11.6 Å². The summed E-state index contributed by atoms with van der Waals surface area (Å²) in [7, 11) is 0. The summed E-state index contributed by atoms with van der Waals surface area (Å²) in [6, 6.07) is 3.16. The summed E-state index contributed by atoms with van der Waals surface area (Å²) >= 11 is 5.63. The summed E-state index contributed by atoms with van der Waals surface area (Å²) in [4.78, 5) is 3.90. The van der Waals surface area contributed by atoms with Crippen molar-refractivity contribution in [3.63, 3.8) is 0 Å². The predicted octanol–water partition coefficient (Wildman–Crippen LogP) is 3.07. The molecular formula is C12H11ClFN3. The van der Waals surface area contributed by atoms with Crippen molar-refractivity contribution >= 4 is 11.6 Å². The first-order chi connectivity index (χ1) is 8.24. The van der Waals surface area contributed by atoms with Crippen LogP contribution < -0.4 is 0 Å². The van der Waals surface area contributed by atoms with Gasteiger partial charge in [0.15, 0.2) is 0 Å². The quantitative estimate of drug-likeness (QED) is 0.730. The SMILES string of the molecule is Fc1cc(Cl)ncc1-c1cc2n(n1)CCCC2. The number of aryl methyl sites for hydroxylation is 2. The van der Waals surface area contributed by atoms with E-state index in [0.717, 1.165) is 19.4 Å². The van der Waals surface area contributed by atoms with Crippen molar-refractivity contribution in [1.29, 1.82) is 0 Å². The fourth-order valence-corrected chi connectivity index (χ4v) is 2.29. The monoisotopic (exact) mass is 251 g/mol. The van der Waals surface area contributed by atoms with Crippen LogP contribution in [0.25, 0.3) is 11.3 Å². The molecule has 0 atom stereocenters. The van der Waals surface area contributed by atoms with Crippen molar-refractivity contribution in [3.8, 4) is 11.3 Å². The Hall–Kier alpha value is -1.42. The van der Waals surface area contributed by atoms with Crippen molar-refractivity contribution in [2.24, 2.45) is 0 Å². The van der Waals surface area contributed by atoms with E-state index in [-0.39, 0.29) is 11.0 Å². The third-order valence-corrected chi connectivity index (χ3v) is 3.22. The zero-order chi connectivity index (χ0) is 11.8. The Morgan fingerprint density at radius 3 is 2.94 bits per heavy atom. The average Bonchev–Trinajstić information content (AvgIpc) is 2.72. The molecule has 0 amide bonds. The van der Waals surface area contributed by atoms with Crippen LogP contribution in [-0.4, -0.2) is 14.8 Å². The van der Waals surface area contributed by atoms with Crippen LogP contribution in [0.4, 0.5) is 4.39 Å². The lowest BCUT2D eigenvalue weighted by Gasteiger charge is -2.11. The van der Waals surface area contributed by atoms with E-state index in [1.165, 1.54) is 24.4 Å². The van der Waals surface area contributed by atoms with Crippen molar-refractivity contribution in [2.45, 2.75) is 25.8 Å². The molecular weight excluding hydrogens is 241 g/mol. The van der Waals surface area contributed by atoms with Crippen LogP contribution in [0, 0.1) is 5.82 Å². The summed E-state index contributed by atoms with van der Waals surface area (Å²) in [6.07, 6.45) is 4.75. The molecule has 0 aliphatic carbocycles. The molecule has 0 spiro atoms. The fraction of sp³-hybridized carbons (Fsp3) is 0.333. The minimum Gasteiger partial charge on any atom is -0.269 e. The van der Waals surface area contributed by atoms with Crippen LogP contribution >= 0.6 is 11.6 Å². The second-order valence-electron chi connectivity index (χ2n) is 4.19. The molecule has 0 saturated carbocycles. The molecule has 1 aliphatic rings. The summed E-state index contributed by atoms with van der Waals surface area (Å²) in [6.45, 7) is 0.915. The van der Waals surface area contributed by atoms with Gasteiger partial charge in [0.05, 0.1) is 11.3 Å². The zero-order valence-electron chi connectivity index (χ0n) is 9.16. The van der Waals surface area contributed by atoms with Crippen LogP contribution in [0.5, 0.6) is 0 Å². The van der Waals surface area contributed by atoms with Crippen molar-refractivity contribution in [3.05, 3.63) is 35.0 Å². The Morgan fingerprint density at radius 2 is 2.18 bits per heavy atom. The normalized spacial score (nSPS) is 14.7. The van der Waals surface area contributed by atoms with Gasteiger partial charge in [0.25, 0.3) is 0 Å². The molecule has 0 N–H and O–H groups in total. The fourth-order valence-electron chi connectivity index (χ4n) is 2.15. The van der Waals surface area contributed by atoms with Crippen molar-refractivity contribution in [2.75, 3.05) is 0 Å². The van der Waals surface area contributed by atoms with Crippen LogP contribution in [-0.2, 0) is 13.0 Å². The summed E-state index contributed by atoms with van der Waals surface area (Å²) in [5.74, 6) is -0.375. The van der Waals surface area contributed by atoms with Gasteiger partial charge in [0.2, 0.25) is 0 Å². The molecule has 2 aromatic heterocycles. The maximum absolute atomic E-state index is 13.7. The molecule has 0 bridgehead atoms. The summed E-state index contributed by atoms with van der Waals surface area (Å²) in [5, 5.41) is 4.57. The van der Waals surface area contributed by atoms with Gasteiger partial charge in [-0.25, -0.2) is 9.37 Å². The first-order valence-electron chi connectivity index (χ1n) is 5.62. The average molecular weight is 252 g/mol. The van der Waals surface area contributed by atoms with Crippen LogP contribution in [0.1, 0.15) is 18.5 Å². The molecule has 0 radical (unpaired) electrons. The van der Waals surface area contributed by atoms with Gasteiger partial charge in [-0.3, -0.25) is 4.68 Å². The number of pyridine rings is 1. The van der Waals surface area contributed by atoms with E-state index in [1.54, 1.807) is 0 Å². The Morgan fingerprint density at radius 1 is 1.29 bits per heavy atom. The van der Waals surface area contributed by atoms with Crippen molar-refractivity contribution < 1.29 is 4.39 Å². The van der Waals surface area contributed by atoms with E-state index in [1.807, 2.05) is 10.7 Å². The predicted molar refractivity (Wildman–Crippen MR) is 63.4 cm³/mol. The molecule has 0 aromatic carbocycles. The highest BCUT2D eigenvalue weighted by Gasteiger charge is 2.15. The standard InChI is InChI=1S/C12H11ClFN3/c13-12-6-10(14)9(7-15-12)11-5-8-3-1-2-4-17(8)16-11/h5-7H,1-4H2. The number of aromatic nitrogens is 3.